The van der Waals surface area contributed by atoms with E-state index in [0.29, 0.717) is 16.6 Å². The van der Waals surface area contributed by atoms with Gasteiger partial charge in [-0.3, -0.25) is 4.79 Å². The van der Waals surface area contributed by atoms with Gasteiger partial charge >= 0.3 is 0 Å². The number of amides is 1. The van der Waals surface area contributed by atoms with Gasteiger partial charge in [0.15, 0.2) is 15.0 Å². The number of thioether (sulfide) groups is 1. The number of nitrogens with zero attached hydrogens (tertiary/aromatic N) is 2. The van der Waals surface area contributed by atoms with Crippen LogP contribution < -0.4 is 9.64 Å². The first-order chi connectivity index (χ1) is 11.4. The molecule has 2 saturated heterocycles. The first kappa shape index (κ1) is 17.2. The molecule has 2 aliphatic rings. The Labute approximate surface area is 144 Å². The lowest BCUT2D eigenvalue weighted by atomic mass is 10.2. The summed E-state index contributed by atoms with van der Waals surface area (Å²) in [5.41, 5.74) is 0.709. The Morgan fingerprint density at radius 1 is 1.33 bits per heavy atom. The third kappa shape index (κ3) is 3.28. The van der Waals surface area contributed by atoms with E-state index in [2.05, 4.69) is 4.99 Å². The van der Waals surface area contributed by atoms with Crippen LogP contribution >= 0.6 is 11.8 Å². The molecule has 0 N–H and O–H groups in total. The van der Waals surface area contributed by atoms with Crippen molar-refractivity contribution in [3.05, 3.63) is 24.3 Å². The Kier molecular flexibility index (Phi) is 4.84. The lowest BCUT2D eigenvalue weighted by Crippen LogP contribution is -2.38. The quantitative estimate of drug-likeness (QED) is 0.780. The molecular formula is C15H18N2O5S2. The number of aliphatic imine (C=N–C) groups is 1. The van der Waals surface area contributed by atoms with E-state index in [4.69, 9.17) is 9.47 Å². The van der Waals surface area contributed by atoms with Gasteiger partial charge in [0.1, 0.15) is 12.4 Å². The van der Waals surface area contributed by atoms with Crippen LogP contribution in [0.1, 0.15) is 0 Å². The SMILES string of the molecule is COCC(=O)N=C1S[C@@H]2CS(=O)(=O)C[C@@H]2N1c1ccccc1OC. The number of sulfone groups is 1. The monoisotopic (exact) mass is 370 g/mol. The maximum absolute atomic E-state index is 12.0. The second kappa shape index (κ2) is 6.73. The number of anilines is 1. The predicted octanol–water partition coefficient (Wildman–Crippen LogP) is 0.943. The molecular weight excluding hydrogens is 352 g/mol. The van der Waals surface area contributed by atoms with Crippen molar-refractivity contribution in [2.75, 3.05) is 37.2 Å². The average molecular weight is 370 g/mol. The van der Waals surface area contributed by atoms with Crippen molar-refractivity contribution < 1.29 is 22.7 Å². The van der Waals surface area contributed by atoms with Gasteiger partial charge in [-0.2, -0.15) is 4.99 Å². The van der Waals surface area contributed by atoms with Gasteiger partial charge in [0.05, 0.1) is 30.3 Å². The second-order valence-electron chi connectivity index (χ2n) is 5.56. The third-order valence-electron chi connectivity index (χ3n) is 3.90. The number of methoxy groups -OCH3 is 2. The van der Waals surface area contributed by atoms with Gasteiger partial charge in [0, 0.05) is 12.4 Å². The molecule has 24 heavy (non-hydrogen) atoms. The van der Waals surface area contributed by atoms with Crippen LogP contribution in [0, 0.1) is 0 Å². The summed E-state index contributed by atoms with van der Waals surface area (Å²) in [6.45, 7) is -0.114. The van der Waals surface area contributed by atoms with Gasteiger partial charge in [-0.05, 0) is 12.1 Å². The number of fused-ring (bicyclic) bond motifs is 1. The second-order valence-corrected chi connectivity index (χ2v) is 8.92. The van der Waals surface area contributed by atoms with Gasteiger partial charge in [-0.1, -0.05) is 23.9 Å². The summed E-state index contributed by atoms with van der Waals surface area (Å²) < 4.78 is 34.2. The van der Waals surface area contributed by atoms with Crippen LogP contribution in [0.4, 0.5) is 5.69 Å². The van der Waals surface area contributed by atoms with Crippen molar-refractivity contribution in [2.45, 2.75) is 11.3 Å². The molecule has 0 bridgehead atoms. The maximum atomic E-state index is 12.0. The van der Waals surface area contributed by atoms with E-state index in [0.717, 1.165) is 0 Å². The number of hydrogen-bond donors (Lipinski definition) is 0. The van der Waals surface area contributed by atoms with Gasteiger partial charge in [-0.25, -0.2) is 8.42 Å². The molecule has 0 spiro atoms. The number of benzene rings is 1. The molecule has 0 aromatic heterocycles. The summed E-state index contributed by atoms with van der Waals surface area (Å²) in [6.07, 6.45) is 0. The molecule has 2 fully saturated rings. The predicted molar refractivity (Wildman–Crippen MR) is 93.6 cm³/mol. The minimum absolute atomic E-state index is 0.0419. The Bertz CT molecular complexity index is 778. The standard InChI is InChI=1S/C15H18N2O5S2/c1-21-7-14(18)16-15-17(10-5-3-4-6-12(10)22-2)11-8-24(19,20)9-13(11)23-15/h3-6,11,13H,7-9H2,1-2H3/t11-,13+/m0/s1. The highest BCUT2D eigenvalue weighted by molar-refractivity contribution is 8.16. The fraction of sp³-hybridized carbons (Fsp3) is 0.467. The molecule has 0 radical (unpaired) electrons. The minimum atomic E-state index is -3.10. The van der Waals surface area contributed by atoms with E-state index in [1.165, 1.54) is 18.9 Å². The Hall–Kier alpha value is -1.58. The largest absolute Gasteiger partial charge is 0.495 e. The molecule has 130 valence electrons. The Morgan fingerprint density at radius 2 is 2.08 bits per heavy atom. The van der Waals surface area contributed by atoms with Gasteiger partial charge in [-0.15, -0.1) is 0 Å². The molecule has 7 nitrogen and oxygen atoms in total. The summed E-state index contributed by atoms with van der Waals surface area (Å²) in [5, 5.41) is 0.348. The highest BCUT2D eigenvalue weighted by atomic mass is 32.2. The van der Waals surface area contributed by atoms with Crippen molar-refractivity contribution in [3.63, 3.8) is 0 Å². The fourth-order valence-corrected chi connectivity index (χ4v) is 6.86. The van der Waals surface area contributed by atoms with E-state index >= 15 is 0 Å². The zero-order valence-electron chi connectivity index (χ0n) is 13.3. The van der Waals surface area contributed by atoms with Crippen LogP contribution in [0.25, 0.3) is 0 Å². The van der Waals surface area contributed by atoms with E-state index < -0.39 is 15.7 Å². The van der Waals surface area contributed by atoms with Crippen molar-refractivity contribution >= 4 is 38.4 Å². The van der Waals surface area contributed by atoms with Crippen molar-refractivity contribution in [2.24, 2.45) is 4.99 Å². The number of carbonyl (C=O) groups is 1. The maximum Gasteiger partial charge on any atom is 0.274 e. The summed E-state index contributed by atoms with van der Waals surface area (Å²) in [4.78, 5) is 17.8. The van der Waals surface area contributed by atoms with E-state index in [-0.39, 0.29) is 29.4 Å². The topological polar surface area (TPSA) is 85.3 Å². The summed E-state index contributed by atoms with van der Waals surface area (Å²) in [7, 11) is -0.113. The first-order valence-corrected chi connectivity index (χ1v) is 10.0. The van der Waals surface area contributed by atoms with Crippen LogP contribution in [0.15, 0.2) is 29.3 Å². The van der Waals surface area contributed by atoms with E-state index in [1.54, 1.807) is 13.2 Å². The number of rotatable bonds is 4. The van der Waals surface area contributed by atoms with Crippen LogP contribution in [0.3, 0.4) is 0 Å². The van der Waals surface area contributed by atoms with Crippen molar-refractivity contribution in [3.8, 4) is 5.75 Å². The molecule has 2 heterocycles. The van der Waals surface area contributed by atoms with Crippen LogP contribution in [0.5, 0.6) is 5.75 Å². The normalized spacial score (nSPS) is 26.6. The number of amidine groups is 1. The number of carbonyl (C=O) groups excluding carboxylic acids is 1. The summed E-state index contributed by atoms with van der Waals surface area (Å²) in [6, 6.07) is 7.05. The molecule has 2 aliphatic heterocycles. The minimum Gasteiger partial charge on any atom is -0.495 e. The molecule has 0 aliphatic carbocycles. The molecule has 1 aromatic carbocycles. The molecule has 0 unspecified atom stereocenters. The third-order valence-corrected chi connectivity index (χ3v) is 7.11. The summed E-state index contributed by atoms with van der Waals surface area (Å²) in [5.74, 6) is 0.337. The zero-order chi connectivity index (χ0) is 17.3. The zero-order valence-corrected chi connectivity index (χ0v) is 15.0. The van der Waals surface area contributed by atoms with Gasteiger partial charge in [0.25, 0.3) is 5.91 Å². The average Bonchev–Trinajstić information content (AvgIpc) is 2.98. The molecule has 1 amide bonds. The van der Waals surface area contributed by atoms with Crippen LogP contribution in [-0.4, -0.2) is 63.1 Å². The molecule has 2 atom stereocenters. The number of para-hydroxylation sites is 2. The molecule has 9 heteroatoms. The molecule has 1 aromatic rings. The first-order valence-electron chi connectivity index (χ1n) is 7.35. The number of ether oxygens (including phenoxy) is 2. The fourth-order valence-electron chi connectivity index (χ4n) is 2.94. The van der Waals surface area contributed by atoms with Crippen molar-refractivity contribution in [1.82, 2.24) is 0 Å². The molecule has 0 saturated carbocycles. The van der Waals surface area contributed by atoms with E-state index in [9.17, 15) is 13.2 Å². The lowest BCUT2D eigenvalue weighted by molar-refractivity contribution is -0.121. The van der Waals surface area contributed by atoms with Gasteiger partial charge in [0.2, 0.25) is 0 Å². The van der Waals surface area contributed by atoms with Crippen LogP contribution in [-0.2, 0) is 19.4 Å². The summed E-state index contributed by atoms with van der Waals surface area (Å²) >= 11 is 1.32. The number of hydrogen-bond acceptors (Lipinski definition) is 6. The molecule has 3 rings (SSSR count). The highest BCUT2D eigenvalue weighted by Crippen LogP contribution is 2.43. The Morgan fingerprint density at radius 3 is 2.79 bits per heavy atom. The smallest absolute Gasteiger partial charge is 0.274 e. The highest BCUT2D eigenvalue weighted by Gasteiger charge is 2.49. The lowest BCUT2D eigenvalue weighted by Gasteiger charge is -2.26. The van der Waals surface area contributed by atoms with Crippen molar-refractivity contribution in [1.29, 1.82) is 0 Å². The van der Waals surface area contributed by atoms with E-state index in [1.807, 2.05) is 23.1 Å². The Balaban J connectivity index is 2.03. The van der Waals surface area contributed by atoms with Gasteiger partial charge < -0.3 is 14.4 Å². The van der Waals surface area contributed by atoms with Crippen LogP contribution in [0.2, 0.25) is 0 Å².